The van der Waals surface area contributed by atoms with E-state index in [9.17, 15) is 4.79 Å². The molecule has 106 valence electrons. The quantitative estimate of drug-likeness (QED) is 0.886. The van der Waals surface area contributed by atoms with Crippen molar-refractivity contribution in [1.29, 1.82) is 0 Å². The first-order valence-corrected chi connectivity index (χ1v) is 6.45. The molecule has 19 heavy (non-hydrogen) atoms. The molecular weight excluding hydrogens is 240 g/mol. The molecule has 0 saturated heterocycles. The fraction of sp³-hybridized carbons (Fsp3) is 0.533. The van der Waals surface area contributed by atoms with Gasteiger partial charge in [-0.2, -0.15) is 0 Å². The second-order valence-corrected chi connectivity index (χ2v) is 5.74. The smallest absolute Gasteiger partial charge is 0.246 e. The number of rotatable bonds is 5. The van der Waals surface area contributed by atoms with Crippen molar-refractivity contribution in [3.63, 3.8) is 0 Å². The monoisotopic (exact) mass is 264 g/mol. The highest BCUT2D eigenvalue weighted by Gasteiger charge is 2.12. The van der Waals surface area contributed by atoms with Gasteiger partial charge in [0.1, 0.15) is 6.61 Å². The topological polar surface area (TPSA) is 41.6 Å². The molecule has 1 aromatic rings. The van der Waals surface area contributed by atoms with Gasteiger partial charge in [0.25, 0.3) is 0 Å². The Morgan fingerprint density at radius 1 is 1.21 bits per heavy atom. The molecule has 0 saturated carbocycles. The number of carbonyl (C=O) groups is 1. The lowest BCUT2D eigenvalue weighted by molar-refractivity contribution is -0.130. The van der Waals surface area contributed by atoms with E-state index in [1.54, 1.807) is 0 Å². The average Bonchev–Trinajstić information content (AvgIpc) is 2.33. The van der Waals surface area contributed by atoms with Gasteiger partial charge in [-0.3, -0.25) is 4.79 Å². The molecule has 0 radical (unpaired) electrons. The van der Waals surface area contributed by atoms with E-state index in [2.05, 4.69) is 5.32 Å². The Balaban J connectivity index is 2.38. The van der Waals surface area contributed by atoms with Crippen LogP contribution in [0.15, 0.2) is 24.3 Å². The van der Waals surface area contributed by atoms with E-state index in [-0.39, 0.29) is 18.1 Å². The van der Waals surface area contributed by atoms with Crippen molar-refractivity contribution in [1.82, 2.24) is 5.32 Å². The summed E-state index contributed by atoms with van der Waals surface area (Å²) in [5.41, 5.74) is 1.94. The molecule has 0 spiro atoms. The summed E-state index contributed by atoms with van der Waals surface area (Å²) in [4.78, 5) is 13.6. The van der Waals surface area contributed by atoms with Gasteiger partial charge in [0, 0.05) is 26.3 Å². The molecule has 1 rings (SSSR count). The Kier molecular flexibility index (Phi) is 5.36. The molecule has 0 aliphatic rings. The Hall–Kier alpha value is -1.55. The van der Waals surface area contributed by atoms with Crippen LogP contribution in [0.3, 0.4) is 0 Å². The van der Waals surface area contributed by atoms with Crippen LogP contribution in [0.4, 0.5) is 5.69 Å². The van der Waals surface area contributed by atoms with Crippen LogP contribution in [-0.4, -0.2) is 32.2 Å². The summed E-state index contributed by atoms with van der Waals surface area (Å²) >= 11 is 0. The molecule has 0 aliphatic heterocycles. The van der Waals surface area contributed by atoms with Gasteiger partial charge in [0.15, 0.2) is 0 Å². The first-order valence-electron chi connectivity index (χ1n) is 6.45. The molecule has 1 aromatic carbocycles. The van der Waals surface area contributed by atoms with Crippen LogP contribution in [-0.2, 0) is 16.1 Å². The summed E-state index contributed by atoms with van der Waals surface area (Å²) in [6, 6.07) is 8.10. The number of anilines is 1. The summed E-state index contributed by atoms with van der Waals surface area (Å²) < 4.78 is 5.41. The van der Waals surface area contributed by atoms with E-state index in [1.165, 1.54) is 0 Å². The summed E-state index contributed by atoms with van der Waals surface area (Å²) in [5.74, 6) is -0.0911. The van der Waals surface area contributed by atoms with Gasteiger partial charge in [-0.15, -0.1) is 0 Å². The Morgan fingerprint density at radius 3 is 2.26 bits per heavy atom. The molecule has 0 unspecified atom stereocenters. The lowest BCUT2D eigenvalue weighted by Crippen LogP contribution is -2.31. The number of hydrogen-bond acceptors (Lipinski definition) is 3. The third-order valence-corrected chi connectivity index (χ3v) is 2.58. The summed E-state index contributed by atoms with van der Waals surface area (Å²) in [5, 5.41) is 2.84. The minimum atomic E-state index is -0.287. The molecule has 0 aromatic heterocycles. The molecule has 4 heteroatoms. The zero-order chi connectivity index (χ0) is 14.5. The van der Waals surface area contributed by atoms with Crippen molar-refractivity contribution in [3.05, 3.63) is 29.8 Å². The first kappa shape index (κ1) is 15.5. The van der Waals surface area contributed by atoms with Gasteiger partial charge in [-0.05, 0) is 38.5 Å². The van der Waals surface area contributed by atoms with Crippen LogP contribution in [0.25, 0.3) is 0 Å². The van der Waals surface area contributed by atoms with Crippen molar-refractivity contribution in [2.45, 2.75) is 32.9 Å². The van der Waals surface area contributed by atoms with Gasteiger partial charge in [0.05, 0.1) is 5.60 Å². The maximum atomic E-state index is 11.6. The fourth-order valence-corrected chi connectivity index (χ4v) is 1.45. The molecule has 0 heterocycles. The summed E-state index contributed by atoms with van der Waals surface area (Å²) in [7, 11) is 4.00. The highest BCUT2D eigenvalue weighted by Crippen LogP contribution is 2.12. The van der Waals surface area contributed by atoms with Crippen molar-refractivity contribution >= 4 is 11.6 Å². The van der Waals surface area contributed by atoms with Gasteiger partial charge >= 0.3 is 0 Å². The van der Waals surface area contributed by atoms with Gasteiger partial charge < -0.3 is 15.0 Å². The lowest BCUT2D eigenvalue weighted by Gasteiger charge is -2.19. The molecule has 0 bridgehead atoms. The van der Waals surface area contributed by atoms with Crippen LogP contribution in [0.1, 0.15) is 26.3 Å². The highest BCUT2D eigenvalue weighted by atomic mass is 16.5. The van der Waals surface area contributed by atoms with E-state index in [4.69, 9.17) is 4.74 Å². The normalized spacial score (nSPS) is 11.2. The van der Waals surface area contributed by atoms with E-state index >= 15 is 0 Å². The van der Waals surface area contributed by atoms with Gasteiger partial charge in [0.2, 0.25) is 5.91 Å². The van der Waals surface area contributed by atoms with Crippen molar-refractivity contribution in [2.75, 3.05) is 25.6 Å². The standard InChI is InChI=1S/C15H24N2O2/c1-15(2,3)19-11-14(18)16-10-12-6-8-13(9-7-12)17(4)5/h6-9H,10-11H2,1-5H3,(H,16,18). The molecule has 0 aliphatic carbocycles. The van der Waals surface area contributed by atoms with Gasteiger partial charge in [-0.1, -0.05) is 12.1 Å². The number of ether oxygens (including phenoxy) is 1. The van der Waals surface area contributed by atoms with Crippen LogP contribution >= 0.6 is 0 Å². The minimum absolute atomic E-state index is 0.0911. The first-order chi connectivity index (χ1) is 8.78. The fourth-order valence-electron chi connectivity index (χ4n) is 1.45. The lowest BCUT2D eigenvalue weighted by atomic mass is 10.2. The number of carbonyl (C=O) groups excluding carboxylic acids is 1. The van der Waals surface area contributed by atoms with Crippen LogP contribution in [0, 0.1) is 0 Å². The van der Waals surface area contributed by atoms with E-state index in [1.807, 2.05) is 64.0 Å². The van der Waals surface area contributed by atoms with Crippen molar-refractivity contribution < 1.29 is 9.53 Å². The Morgan fingerprint density at radius 2 is 1.79 bits per heavy atom. The number of benzene rings is 1. The van der Waals surface area contributed by atoms with E-state index < -0.39 is 0 Å². The number of hydrogen-bond donors (Lipinski definition) is 1. The second-order valence-electron chi connectivity index (χ2n) is 5.74. The van der Waals surface area contributed by atoms with Crippen LogP contribution in [0.2, 0.25) is 0 Å². The molecule has 1 N–H and O–H groups in total. The third-order valence-electron chi connectivity index (χ3n) is 2.58. The zero-order valence-electron chi connectivity index (χ0n) is 12.5. The van der Waals surface area contributed by atoms with Crippen molar-refractivity contribution in [2.24, 2.45) is 0 Å². The average molecular weight is 264 g/mol. The third kappa shape index (κ3) is 6.25. The van der Waals surface area contributed by atoms with E-state index in [0.717, 1.165) is 11.3 Å². The molecule has 0 fully saturated rings. The zero-order valence-corrected chi connectivity index (χ0v) is 12.5. The highest BCUT2D eigenvalue weighted by molar-refractivity contribution is 5.77. The summed E-state index contributed by atoms with van der Waals surface area (Å²) in [6.07, 6.45) is 0. The van der Waals surface area contributed by atoms with Gasteiger partial charge in [-0.25, -0.2) is 0 Å². The maximum absolute atomic E-state index is 11.6. The maximum Gasteiger partial charge on any atom is 0.246 e. The Labute approximate surface area is 115 Å². The van der Waals surface area contributed by atoms with Crippen LogP contribution in [0.5, 0.6) is 0 Å². The number of amides is 1. The van der Waals surface area contributed by atoms with Crippen LogP contribution < -0.4 is 10.2 Å². The van der Waals surface area contributed by atoms with Crippen molar-refractivity contribution in [3.8, 4) is 0 Å². The molecule has 4 nitrogen and oxygen atoms in total. The largest absolute Gasteiger partial charge is 0.378 e. The predicted molar refractivity (Wildman–Crippen MR) is 78.3 cm³/mol. The predicted octanol–water partition coefficient (Wildman–Crippen LogP) is 2.18. The summed E-state index contributed by atoms with van der Waals surface area (Å²) in [6.45, 7) is 6.42. The second kappa shape index (κ2) is 6.57. The molecular formula is C15H24N2O2. The molecule has 0 atom stereocenters. The number of nitrogens with one attached hydrogen (secondary N) is 1. The molecule has 1 amide bonds. The SMILES string of the molecule is CN(C)c1ccc(CNC(=O)COC(C)(C)C)cc1. The minimum Gasteiger partial charge on any atom is -0.378 e. The van der Waals surface area contributed by atoms with E-state index in [0.29, 0.717) is 6.54 Å². The number of nitrogens with zero attached hydrogens (tertiary/aromatic N) is 1. The Bertz CT molecular complexity index is 405.